The van der Waals surface area contributed by atoms with Crippen LogP contribution in [0.15, 0.2) is 0 Å². The van der Waals surface area contributed by atoms with Crippen molar-refractivity contribution in [3.63, 3.8) is 0 Å². The number of carboxylic acid groups (broad SMARTS) is 1. The van der Waals surface area contributed by atoms with Crippen LogP contribution in [0.5, 0.6) is 0 Å². The number of hydrogen-bond donors (Lipinski definition) is 5. The first kappa shape index (κ1) is 29.3. The van der Waals surface area contributed by atoms with Crippen molar-refractivity contribution in [2.45, 2.75) is 103 Å². The van der Waals surface area contributed by atoms with Crippen LogP contribution in [0.4, 0.5) is 0 Å². The minimum absolute atomic E-state index is 0.0484. The highest BCUT2D eigenvalue weighted by molar-refractivity contribution is 5.92. The zero-order valence-electron chi connectivity index (χ0n) is 20.4. The van der Waals surface area contributed by atoms with Crippen LogP contribution in [0, 0.1) is 5.92 Å². The molecule has 1 saturated carbocycles. The molecular formula is C23H40N4O7. The Labute approximate surface area is 200 Å². The number of carbonyl (C=O) groups excluding carboxylic acids is 4. The van der Waals surface area contributed by atoms with Gasteiger partial charge in [0.15, 0.2) is 0 Å². The molecule has 11 heteroatoms. The van der Waals surface area contributed by atoms with Crippen LogP contribution in [-0.2, 0) is 28.7 Å². The van der Waals surface area contributed by atoms with Crippen LogP contribution in [0.3, 0.4) is 0 Å². The van der Waals surface area contributed by atoms with Crippen molar-refractivity contribution < 1.29 is 33.8 Å². The maximum Gasteiger partial charge on any atom is 0.303 e. The van der Waals surface area contributed by atoms with Crippen molar-refractivity contribution in [3.05, 3.63) is 0 Å². The summed E-state index contributed by atoms with van der Waals surface area (Å²) in [6.07, 6.45) is 5.51. The molecule has 0 aromatic rings. The van der Waals surface area contributed by atoms with Crippen LogP contribution in [0.1, 0.15) is 78.6 Å². The van der Waals surface area contributed by atoms with E-state index in [0.717, 1.165) is 25.7 Å². The van der Waals surface area contributed by atoms with E-state index in [0.29, 0.717) is 13.0 Å². The number of aliphatic carboxylic acids is 1. The van der Waals surface area contributed by atoms with Gasteiger partial charge in [0.25, 0.3) is 0 Å². The monoisotopic (exact) mass is 484 g/mol. The van der Waals surface area contributed by atoms with E-state index in [-0.39, 0.29) is 30.7 Å². The normalized spacial score (nSPS) is 19.4. The number of carbonyl (C=O) groups is 5. The van der Waals surface area contributed by atoms with Crippen molar-refractivity contribution in [2.24, 2.45) is 11.7 Å². The third-order valence-electron chi connectivity index (χ3n) is 5.76. The summed E-state index contributed by atoms with van der Waals surface area (Å²) in [5.74, 6) is -2.93. The minimum atomic E-state index is -1.14. The first-order valence-corrected chi connectivity index (χ1v) is 12.1. The van der Waals surface area contributed by atoms with Gasteiger partial charge >= 0.3 is 5.97 Å². The molecule has 0 aliphatic heterocycles. The number of hydrogen-bond acceptors (Lipinski definition) is 6. The lowest BCUT2D eigenvalue weighted by Crippen LogP contribution is -2.53. The molecule has 1 fully saturated rings. The molecule has 1 aliphatic rings. The fourth-order valence-electron chi connectivity index (χ4n) is 3.37. The number of primary amides is 1. The van der Waals surface area contributed by atoms with E-state index in [1.807, 2.05) is 0 Å². The second-order valence-electron chi connectivity index (χ2n) is 8.94. The average Bonchev–Trinajstić information content (AvgIpc) is 3.51. The predicted octanol–water partition coefficient (Wildman–Crippen LogP) is 0.596. The Morgan fingerprint density at radius 3 is 2.29 bits per heavy atom. The second kappa shape index (κ2) is 15.3. The summed E-state index contributed by atoms with van der Waals surface area (Å²) < 4.78 is 5.60. The molecule has 0 aromatic carbocycles. The Morgan fingerprint density at radius 1 is 1.00 bits per heavy atom. The molecule has 11 nitrogen and oxygen atoms in total. The number of nitrogens with one attached hydrogen (secondary N) is 3. The number of unbranched alkanes of at least 4 members (excludes halogenated alkanes) is 4. The van der Waals surface area contributed by atoms with Crippen LogP contribution in [0.25, 0.3) is 0 Å². The minimum Gasteiger partial charge on any atom is -0.481 e. The zero-order valence-corrected chi connectivity index (χ0v) is 20.4. The van der Waals surface area contributed by atoms with Crippen LogP contribution in [-0.4, -0.2) is 65.5 Å². The zero-order chi connectivity index (χ0) is 25.7. The quantitative estimate of drug-likeness (QED) is 0.177. The summed E-state index contributed by atoms with van der Waals surface area (Å²) in [6, 6.07) is -2.05. The van der Waals surface area contributed by atoms with E-state index in [4.69, 9.17) is 15.6 Å². The van der Waals surface area contributed by atoms with E-state index in [1.54, 1.807) is 6.92 Å². The molecule has 0 unspecified atom stereocenters. The molecule has 0 aromatic heterocycles. The topological polar surface area (TPSA) is 177 Å². The summed E-state index contributed by atoms with van der Waals surface area (Å²) in [5, 5.41) is 16.6. The molecule has 5 atom stereocenters. The molecule has 6 N–H and O–H groups in total. The van der Waals surface area contributed by atoms with Gasteiger partial charge in [-0.15, -0.1) is 0 Å². The van der Waals surface area contributed by atoms with Gasteiger partial charge in [-0.05, 0) is 33.1 Å². The smallest absolute Gasteiger partial charge is 0.303 e. The van der Waals surface area contributed by atoms with Gasteiger partial charge < -0.3 is 31.5 Å². The lowest BCUT2D eigenvalue weighted by Gasteiger charge is -2.20. The lowest BCUT2D eigenvalue weighted by atomic mass is 10.1. The number of ether oxygens (including phenoxy) is 1. The standard InChI is InChI=1S/C23H40N4O7/c1-4-5-6-7-8-9-19(28)26-18-12-16(18)13-34-15(3)23(33)25-14(2)22(32)27-17(21(24)31)10-11-20(29)30/h14-18H,4-13H2,1-3H3,(H2,24,31)(H,25,33)(H,26,28)(H,27,32)(H,29,30)/t14-,15+,16+,17+,18-/m0/s1. The third-order valence-corrected chi connectivity index (χ3v) is 5.76. The summed E-state index contributed by atoms with van der Waals surface area (Å²) >= 11 is 0. The molecule has 194 valence electrons. The van der Waals surface area contributed by atoms with Crippen molar-refractivity contribution in [2.75, 3.05) is 6.61 Å². The molecule has 0 heterocycles. The van der Waals surface area contributed by atoms with Crippen LogP contribution < -0.4 is 21.7 Å². The molecular weight excluding hydrogens is 444 g/mol. The first-order chi connectivity index (χ1) is 16.0. The number of amides is 4. The predicted molar refractivity (Wildman–Crippen MR) is 124 cm³/mol. The highest BCUT2D eigenvalue weighted by Crippen LogP contribution is 2.31. The molecule has 34 heavy (non-hydrogen) atoms. The molecule has 1 rings (SSSR count). The molecule has 4 amide bonds. The van der Waals surface area contributed by atoms with E-state index in [2.05, 4.69) is 22.9 Å². The van der Waals surface area contributed by atoms with Gasteiger partial charge in [-0.2, -0.15) is 0 Å². The molecule has 0 saturated heterocycles. The Bertz CT molecular complexity index is 715. The van der Waals surface area contributed by atoms with Gasteiger partial charge in [-0.3, -0.25) is 24.0 Å². The average molecular weight is 485 g/mol. The maximum atomic E-state index is 12.3. The Balaban J connectivity index is 2.28. The third kappa shape index (κ3) is 12.0. The number of nitrogens with two attached hydrogens (primary N) is 1. The van der Waals surface area contributed by atoms with Crippen LogP contribution in [0.2, 0.25) is 0 Å². The molecule has 0 spiro atoms. The van der Waals surface area contributed by atoms with Gasteiger partial charge in [0.05, 0.1) is 6.61 Å². The first-order valence-electron chi connectivity index (χ1n) is 12.1. The molecule has 0 radical (unpaired) electrons. The molecule has 1 aliphatic carbocycles. The van der Waals surface area contributed by atoms with Crippen molar-refractivity contribution >= 4 is 29.6 Å². The van der Waals surface area contributed by atoms with E-state index < -0.39 is 41.9 Å². The fraction of sp³-hybridized carbons (Fsp3) is 0.783. The summed E-state index contributed by atoms with van der Waals surface area (Å²) in [5.41, 5.74) is 5.20. The molecule has 0 bridgehead atoms. The summed E-state index contributed by atoms with van der Waals surface area (Å²) in [7, 11) is 0. The highest BCUT2D eigenvalue weighted by Gasteiger charge is 2.39. The summed E-state index contributed by atoms with van der Waals surface area (Å²) in [4.78, 5) is 58.6. The fourth-order valence-corrected chi connectivity index (χ4v) is 3.37. The van der Waals surface area contributed by atoms with Gasteiger partial charge in [0, 0.05) is 24.8 Å². The Morgan fingerprint density at radius 2 is 1.68 bits per heavy atom. The Kier molecular flexibility index (Phi) is 13.2. The number of carboxylic acids is 1. The van der Waals surface area contributed by atoms with Gasteiger partial charge in [-0.1, -0.05) is 32.6 Å². The van der Waals surface area contributed by atoms with E-state index in [1.165, 1.54) is 19.8 Å². The Hall–Kier alpha value is -2.69. The lowest BCUT2D eigenvalue weighted by molar-refractivity contribution is -0.138. The van der Waals surface area contributed by atoms with Crippen molar-refractivity contribution in [1.82, 2.24) is 16.0 Å². The SMILES string of the molecule is CCCCCCCC(=O)N[C@H]1C[C@@H]1CO[C@H](C)C(=O)N[C@@H](C)C(=O)N[C@H](CCC(=O)O)C(N)=O. The van der Waals surface area contributed by atoms with E-state index in [9.17, 15) is 24.0 Å². The van der Waals surface area contributed by atoms with Gasteiger partial charge in [0.2, 0.25) is 23.6 Å². The van der Waals surface area contributed by atoms with E-state index >= 15 is 0 Å². The summed E-state index contributed by atoms with van der Waals surface area (Å²) in [6.45, 7) is 5.46. The maximum absolute atomic E-state index is 12.3. The van der Waals surface area contributed by atoms with Gasteiger partial charge in [0.1, 0.15) is 18.2 Å². The number of rotatable bonds is 18. The van der Waals surface area contributed by atoms with Crippen molar-refractivity contribution in [3.8, 4) is 0 Å². The van der Waals surface area contributed by atoms with Gasteiger partial charge in [-0.25, -0.2) is 0 Å². The van der Waals surface area contributed by atoms with Crippen LogP contribution >= 0.6 is 0 Å². The second-order valence-corrected chi connectivity index (χ2v) is 8.94. The largest absolute Gasteiger partial charge is 0.481 e. The highest BCUT2D eigenvalue weighted by atomic mass is 16.5. The van der Waals surface area contributed by atoms with Crippen molar-refractivity contribution in [1.29, 1.82) is 0 Å².